The van der Waals surface area contributed by atoms with E-state index in [0.29, 0.717) is 5.56 Å². The van der Waals surface area contributed by atoms with Crippen LogP contribution in [-0.2, 0) is 59.2 Å². The normalized spacial score (nSPS) is 15.1. The molecule has 0 heterocycles. The van der Waals surface area contributed by atoms with Crippen LogP contribution in [0.1, 0.15) is 85.1 Å². The quantitative estimate of drug-likeness (QED) is 0.0361. The van der Waals surface area contributed by atoms with Crippen molar-refractivity contribution >= 4 is 65.1 Å². The van der Waals surface area contributed by atoms with Crippen LogP contribution < -0.4 is 54.4 Å². The number of aliphatic hydroxyl groups excluding tert-OH is 1. The molecule has 0 unspecified atom stereocenters. The minimum atomic E-state index is -1.72. The highest BCUT2D eigenvalue weighted by Gasteiger charge is 2.34. The predicted molar refractivity (Wildman–Crippen MR) is 227 cm³/mol. The number of carbonyl (C=O) groups is 11. The molecule has 0 saturated carbocycles. The third-order valence-electron chi connectivity index (χ3n) is 9.56. The topological polar surface area (TPSA) is 431 Å². The van der Waals surface area contributed by atoms with Crippen LogP contribution in [0.4, 0.5) is 0 Å². The van der Waals surface area contributed by atoms with Gasteiger partial charge in [0.25, 0.3) is 0 Å². The molecule has 0 aliphatic carbocycles. The largest absolute Gasteiger partial charge is 0.508 e. The number of amides is 9. The molecule has 25 nitrogen and oxygen atoms in total. The van der Waals surface area contributed by atoms with Crippen LogP contribution in [0, 0.1) is 5.92 Å². The van der Waals surface area contributed by atoms with Crippen LogP contribution >= 0.6 is 0 Å². The second-order valence-corrected chi connectivity index (χ2v) is 15.8. The van der Waals surface area contributed by atoms with E-state index in [2.05, 4.69) is 37.2 Å². The molecule has 0 spiro atoms. The summed E-state index contributed by atoms with van der Waals surface area (Å²) in [6, 6.07) is -6.49. The monoisotopic (exact) mass is 922 g/mol. The second-order valence-electron chi connectivity index (χ2n) is 15.8. The Morgan fingerprint density at radius 1 is 0.523 bits per heavy atom. The molecule has 1 aromatic carbocycles. The fraction of sp³-hybridized carbons (Fsp3) is 0.575. The van der Waals surface area contributed by atoms with Crippen LogP contribution in [0.3, 0.4) is 0 Å². The van der Waals surface area contributed by atoms with Gasteiger partial charge in [-0.15, -0.1) is 0 Å². The van der Waals surface area contributed by atoms with E-state index >= 15 is 0 Å². The number of carboxylic acids is 2. The summed E-state index contributed by atoms with van der Waals surface area (Å²) in [6.45, 7) is 7.17. The second kappa shape index (κ2) is 27.3. The Hall–Kier alpha value is -6.89. The van der Waals surface area contributed by atoms with Gasteiger partial charge in [-0.2, -0.15) is 0 Å². The number of aliphatic carboxylic acids is 2. The molecule has 0 radical (unpaired) electrons. The lowest BCUT2D eigenvalue weighted by atomic mass is 10.0. The molecule has 17 N–H and O–H groups in total. The smallest absolute Gasteiger partial charge is 0.326 e. The SMILES string of the molecule is CC(C)C[C@H](NC(=O)[C@H](Cc1ccc(O)cc1)NC(=O)[C@H](CCC(N)=O)NC(=O)[C@H](CCC(N)=O)NC(=O)[C@H](CCC(=O)O)NC(=O)[C@H](C)NC(=O)[C@H](C)NC(=O)[C@@H](N)[C@@H](C)O)C(=O)O. The summed E-state index contributed by atoms with van der Waals surface area (Å²) >= 11 is 0. The van der Waals surface area contributed by atoms with Crippen molar-refractivity contribution in [2.24, 2.45) is 23.1 Å². The maximum absolute atomic E-state index is 13.9. The highest BCUT2D eigenvalue weighted by atomic mass is 16.4. The van der Waals surface area contributed by atoms with Crippen LogP contribution in [0.25, 0.3) is 0 Å². The van der Waals surface area contributed by atoms with E-state index in [4.69, 9.17) is 17.2 Å². The molecule has 0 aliphatic rings. The van der Waals surface area contributed by atoms with E-state index in [-0.39, 0.29) is 24.5 Å². The molecule has 0 saturated heterocycles. The fourth-order valence-corrected chi connectivity index (χ4v) is 5.80. The number of carbonyl (C=O) groups excluding carboxylic acids is 9. The average Bonchev–Trinajstić information content (AvgIpc) is 3.21. The van der Waals surface area contributed by atoms with Gasteiger partial charge in [0, 0.05) is 25.7 Å². The van der Waals surface area contributed by atoms with Gasteiger partial charge in [-0.05, 0) is 70.1 Å². The van der Waals surface area contributed by atoms with Crippen LogP contribution in [0.5, 0.6) is 5.75 Å². The van der Waals surface area contributed by atoms with Crippen LogP contribution in [-0.4, -0.2) is 140 Å². The number of aromatic hydroxyl groups is 1. The number of benzene rings is 1. The van der Waals surface area contributed by atoms with E-state index < -0.39 is 158 Å². The fourth-order valence-electron chi connectivity index (χ4n) is 5.80. The van der Waals surface area contributed by atoms with Crippen molar-refractivity contribution in [1.82, 2.24) is 37.2 Å². The number of hydrogen-bond acceptors (Lipinski definition) is 14. The molecule has 1 aromatic rings. The number of hydrogen-bond donors (Lipinski definition) is 14. The van der Waals surface area contributed by atoms with Crippen molar-refractivity contribution in [2.45, 2.75) is 140 Å². The van der Waals surface area contributed by atoms with Gasteiger partial charge in [0.15, 0.2) is 0 Å². The van der Waals surface area contributed by atoms with Crippen molar-refractivity contribution in [3.8, 4) is 5.75 Å². The maximum Gasteiger partial charge on any atom is 0.326 e. The van der Waals surface area contributed by atoms with Crippen LogP contribution in [0.15, 0.2) is 24.3 Å². The number of phenols is 1. The molecular weight excluding hydrogens is 860 g/mol. The summed E-state index contributed by atoms with van der Waals surface area (Å²) in [4.78, 5) is 140. The summed E-state index contributed by atoms with van der Waals surface area (Å²) in [7, 11) is 0. The molecular formula is C40H62N10O15. The Morgan fingerprint density at radius 3 is 1.29 bits per heavy atom. The Balaban J connectivity index is 3.42. The highest BCUT2D eigenvalue weighted by Crippen LogP contribution is 2.14. The van der Waals surface area contributed by atoms with Gasteiger partial charge >= 0.3 is 11.9 Å². The Labute approximate surface area is 374 Å². The van der Waals surface area contributed by atoms with Gasteiger partial charge in [-0.1, -0.05) is 26.0 Å². The van der Waals surface area contributed by atoms with E-state index in [1.165, 1.54) is 45.0 Å². The number of nitrogens with two attached hydrogens (primary N) is 3. The summed E-state index contributed by atoms with van der Waals surface area (Å²) in [5.74, 6) is -12.0. The lowest BCUT2D eigenvalue weighted by Crippen LogP contribution is -2.60. The predicted octanol–water partition coefficient (Wildman–Crippen LogP) is -4.40. The number of rotatable bonds is 29. The first kappa shape index (κ1) is 56.1. The summed E-state index contributed by atoms with van der Waals surface area (Å²) in [5.41, 5.74) is 16.6. The molecule has 362 valence electrons. The standard InChI is InChI=1S/C40H62N10O15/c1-18(2)16-28(40(64)65)50-38(62)27(17-22-6-8-23(52)9-7-22)49-37(61)25(11-14-30(42)54)48-35(59)24(10-13-29(41)53)47-36(60)26(12-15-31(55)56)46-34(58)20(4)44-33(57)19(3)45-39(63)32(43)21(5)51/h6-9,18-21,24-28,32,51-52H,10-17,43H2,1-5H3,(H2,41,53)(H2,42,54)(H,44,57)(H,45,63)(H,46,58)(H,47,60)(H,48,59)(H,49,61)(H,50,62)(H,55,56)(H,64,65)/t19-,20-,21+,24-,25-,26-,27-,28-,32-/m0/s1. The first-order chi connectivity index (χ1) is 30.2. The Morgan fingerprint density at radius 2 is 0.892 bits per heavy atom. The number of carboxylic acid groups (broad SMARTS) is 2. The molecule has 0 aliphatic heterocycles. The Kier molecular flexibility index (Phi) is 23.6. The molecule has 9 atom stereocenters. The maximum atomic E-state index is 13.9. The summed E-state index contributed by atoms with van der Waals surface area (Å²) < 4.78 is 0. The van der Waals surface area contributed by atoms with Crippen molar-refractivity contribution in [2.75, 3.05) is 0 Å². The minimum absolute atomic E-state index is 0.0232. The van der Waals surface area contributed by atoms with Gasteiger partial charge in [0.05, 0.1) is 6.10 Å². The molecule has 0 bridgehead atoms. The first-order valence-corrected chi connectivity index (χ1v) is 20.6. The Bertz CT molecular complexity index is 1880. The summed E-state index contributed by atoms with van der Waals surface area (Å²) in [6.07, 6.45) is -4.74. The molecule has 0 aromatic heterocycles. The van der Waals surface area contributed by atoms with E-state index in [9.17, 15) is 73.2 Å². The lowest BCUT2D eigenvalue weighted by Gasteiger charge is -2.27. The molecule has 25 heteroatoms. The van der Waals surface area contributed by atoms with Crippen LogP contribution in [0.2, 0.25) is 0 Å². The summed E-state index contributed by atoms with van der Waals surface area (Å²) in [5, 5.41) is 54.7. The third-order valence-corrected chi connectivity index (χ3v) is 9.56. The number of primary amides is 2. The van der Waals surface area contributed by atoms with Gasteiger partial charge in [0.2, 0.25) is 53.2 Å². The molecule has 0 fully saturated rings. The van der Waals surface area contributed by atoms with Gasteiger partial charge < -0.3 is 74.8 Å². The van der Waals surface area contributed by atoms with E-state index in [0.717, 1.165) is 0 Å². The number of aliphatic hydroxyl groups is 1. The van der Waals surface area contributed by atoms with Crippen molar-refractivity contribution in [3.05, 3.63) is 29.8 Å². The molecule has 65 heavy (non-hydrogen) atoms. The molecule has 1 rings (SSSR count). The van der Waals surface area contributed by atoms with E-state index in [1.54, 1.807) is 13.8 Å². The zero-order valence-electron chi connectivity index (χ0n) is 36.8. The van der Waals surface area contributed by atoms with Crippen molar-refractivity contribution in [3.63, 3.8) is 0 Å². The average molecular weight is 923 g/mol. The van der Waals surface area contributed by atoms with Crippen molar-refractivity contribution in [1.29, 1.82) is 0 Å². The van der Waals surface area contributed by atoms with Gasteiger partial charge in [-0.3, -0.25) is 47.9 Å². The number of phenolic OH excluding ortho intramolecular Hbond substituents is 1. The minimum Gasteiger partial charge on any atom is -0.508 e. The zero-order valence-corrected chi connectivity index (χ0v) is 36.8. The number of nitrogens with one attached hydrogen (secondary N) is 7. The zero-order chi connectivity index (χ0) is 49.7. The molecule has 9 amide bonds. The van der Waals surface area contributed by atoms with Gasteiger partial charge in [0.1, 0.15) is 54.1 Å². The first-order valence-electron chi connectivity index (χ1n) is 20.6. The lowest BCUT2D eigenvalue weighted by molar-refractivity contribution is -0.143. The highest BCUT2D eigenvalue weighted by molar-refractivity contribution is 5.98. The van der Waals surface area contributed by atoms with Gasteiger partial charge in [-0.25, -0.2) is 4.79 Å². The third kappa shape index (κ3) is 21.4. The van der Waals surface area contributed by atoms with Crippen molar-refractivity contribution < 1.29 is 73.2 Å². The van der Waals surface area contributed by atoms with E-state index in [1.807, 2.05) is 0 Å².